The van der Waals surface area contributed by atoms with Gasteiger partial charge < -0.3 is 9.53 Å². The molecular formula is C12H14O3. The van der Waals surface area contributed by atoms with Gasteiger partial charge in [0.2, 0.25) is 0 Å². The molecule has 0 saturated carbocycles. The number of rotatable bonds is 4. The van der Waals surface area contributed by atoms with Crippen molar-refractivity contribution in [2.45, 2.75) is 19.8 Å². The van der Waals surface area contributed by atoms with Crippen molar-refractivity contribution in [1.82, 2.24) is 0 Å². The Labute approximate surface area is 89.1 Å². The fourth-order valence-corrected chi connectivity index (χ4v) is 1.42. The van der Waals surface area contributed by atoms with Crippen LogP contribution in [0, 0.1) is 6.92 Å². The van der Waals surface area contributed by atoms with Crippen molar-refractivity contribution in [2.24, 2.45) is 0 Å². The van der Waals surface area contributed by atoms with Crippen LogP contribution in [0.2, 0.25) is 0 Å². The first-order valence-electron chi connectivity index (χ1n) is 4.80. The van der Waals surface area contributed by atoms with Crippen molar-refractivity contribution in [3.63, 3.8) is 0 Å². The molecule has 0 aliphatic heterocycles. The molecule has 3 nitrogen and oxygen atoms in total. The van der Waals surface area contributed by atoms with Gasteiger partial charge in [-0.15, -0.1) is 0 Å². The first kappa shape index (κ1) is 11.4. The lowest BCUT2D eigenvalue weighted by Crippen LogP contribution is -2.06. The van der Waals surface area contributed by atoms with Gasteiger partial charge in [0.1, 0.15) is 6.29 Å². The van der Waals surface area contributed by atoms with Gasteiger partial charge in [0.05, 0.1) is 12.7 Å². The second-order valence-electron chi connectivity index (χ2n) is 3.36. The van der Waals surface area contributed by atoms with Crippen LogP contribution in [0.25, 0.3) is 0 Å². The van der Waals surface area contributed by atoms with Crippen LogP contribution in [-0.4, -0.2) is 19.4 Å². The fraction of sp³-hybridized carbons (Fsp3) is 0.333. The summed E-state index contributed by atoms with van der Waals surface area (Å²) >= 11 is 0. The minimum atomic E-state index is -0.348. The van der Waals surface area contributed by atoms with Gasteiger partial charge in [-0.2, -0.15) is 0 Å². The minimum Gasteiger partial charge on any atom is -0.465 e. The maximum atomic E-state index is 11.4. The summed E-state index contributed by atoms with van der Waals surface area (Å²) in [6.07, 6.45) is 1.85. The molecule has 0 aliphatic carbocycles. The zero-order valence-electron chi connectivity index (χ0n) is 8.95. The molecule has 80 valence electrons. The van der Waals surface area contributed by atoms with Crippen LogP contribution in [0.3, 0.4) is 0 Å². The third kappa shape index (κ3) is 2.91. The largest absolute Gasteiger partial charge is 0.465 e. The van der Waals surface area contributed by atoms with E-state index < -0.39 is 0 Å². The van der Waals surface area contributed by atoms with Gasteiger partial charge in [-0.25, -0.2) is 4.79 Å². The fourth-order valence-electron chi connectivity index (χ4n) is 1.42. The molecule has 0 amide bonds. The molecule has 0 spiro atoms. The van der Waals surface area contributed by atoms with Crippen LogP contribution in [0.5, 0.6) is 0 Å². The number of aldehydes is 1. The Balaban J connectivity index is 3.02. The second kappa shape index (κ2) is 5.29. The third-order valence-corrected chi connectivity index (χ3v) is 2.20. The van der Waals surface area contributed by atoms with E-state index in [1.165, 1.54) is 7.11 Å². The predicted octanol–water partition coefficient (Wildman–Crippen LogP) is 1.91. The Morgan fingerprint density at radius 2 is 2.20 bits per heavy atom. The van der Waals surface area contributed by atoms with E-state index in [1.54, 1.807) is 6.07 Å². The van der Waals surface area contributed by atoms with Crippen LogP contribution in [0.4, 0.5) is 0 Å². The number of carbonyl (C=O) groups is 2. The molecule has 1 rings (SSSR count). The van der Waals surface area contributed by atoms with E-state index >= 15 is 0 Å². The van der Waals surface area contributed by atoms with Crippen LogP contribution < -0.4 is 0 Å². The number of hydrogen-bond donors (Lipinski definition) is 0. The van der Waals surface area contributed by atoms with Gasteiger partial charge in [-0.05, 0) is 25.0 Å². The lowest BCUT2D eigenvalue weighted by atomic mass is 10.0. The Morgan fingerprint density at radius 1 is 1.47 bits per heavy atom. The van der Waals surface area contributed by atoms with E-state index in [0.717, 1.165) is 17.4 Å². The van der Waals surface area contributed by atoms with Crippen molar-refractivity contribution >= 4 is 12.3 Å². The van der Waals surface area contributed by atoms with E-state index in [9.17, 15) is 9.59 Å². The first-order valence-corrected chi connectivity index (χ1v) is 4.80. The lowest BCUT2D eigenvalue weighted by Gasteiger charge is -2.07. The van der Waals surface area contributed by atoms with E-state index in [2.05, 4.69) is 4.74 Å². The summed E-state index contributed by atoms with van der Waals surface area (Å²) in [6.45, 7) is 1.91. The van der Waals surface area contributed by atoms with Crippen molar-refractivity contribution in [1.29, 1.82) is 0 Å². The van der Waals surface area contributed by atoms with E-state index in [0.29, 0.717) is 18.4 Å². The van der Waals surface area contributed by atoms with Crippen molar-refractivity contribution in [3.8, 4) is 0 Å². The molecular weight excluding hydrogens is 192 g/mol. The maximum absolute atomic E-state index is 11.4. The smallest absolute Gasteiger partial charge is 0.338 e. The zero-order chi connectivity index (χ0) is 11.3. The Hall–Kier alpha value is -1.64. The molecule has 0 aliphatic rings. The zero-order valence-corrected chi connectivity index (χ0v) is 8.95. The summed E-state index contributed by atoms with van der Waals surface area (Å²) in [5, 5.41) is 0. The highest BCUT2D eigenvalue weighted by Gasteiger charge is 2.11. The second-order valence-corrected chi connectivity index (χ2v) is 3.36. The number of ether oxygens (including phenoxy) is 1. The number of hydrogen-bond acceptors (Lipinski definition) is 3. The third-order valence-electron chi connectivity index (χ3n) is 2.20. The summed E-state index contributed by atoms with van der Waals surface area (Å²) in [4.78, 5) is 21.7. The summed E-state index contributed by atoms with van der Waals surface area (Å²) < 4.78 is 4.68. The van der Waals surface area contributed by atoms with Gasteiger partial charge in [0, 0.05) is 6.42 Å². The molecule has 0 N–H and O–H groups in total. The number of carbonyl (C=O) groups excluding carboxylic acids is 2. The standard InChI is InChI=1S/C12H14O3/c1-9-5-6-10(4-3-7-13)11(8-9)12(14)15-2/h5-8H,3-4H2,1-2H3. The summed E-state index contributed by atoms with van der Waals surface area (Å²) in [5.41, 5.74) is 2.42. The maximum Gasteiger partial charge on any atom is 0.338 e. The van der Waals surface area contributed by atoms with Gasteiger partial charge in [-0.3, -0.25) is 0 Å². The molecule has 1 aromatic carbocycles. The highest BCUT2D eigenvalue weighted by atomic mass is 16.5. The molecule has 0 atom stereocenters. The summed E-state index contributed by atoms with van der Waals surface area (Å²) in [5.74, 6) is -0.348. The highest BCUT2D eigenvalue weighted by Crippen LogP contribution is 2.14. The van der Waals surface area contributed by atoms with E-state index in [1.807, 2.05) is 19.1 Å². The first-order chi connectivity index (χ1) is 7.19. The average molecular weight is 206 g/mol. The Morgan fingerprint density at radius 3 is 2.80 bits per heavy atom. The molecule has 0 fully saturated rings. The van der Waals surface area contributed by atoms with Crippen LogP contribution in [0.1, 0.15) is 27.9 Å². The molecule has 15 heavy (non-hydrogen) atoms. The van der Waals surface area contributed by atoms with Crippen LogP contribution in [-0.2, 0) is 16.0 Å². The molecule has 3 heteroatoms. The SMILES string of the molecule is COC(=O)c1cc(C)ccc1CCC=O. The Bertz CT molecular complexity index is 369. The average Bonchev–Trinajstić information content (AvgIpc) is 2.26. The number of methoxy groups -OCH3 is 1. The van der Waals surface area contributed by atoms with Crippen LogP contribution in [0.15, 0.2) is 18.2 Å². The summed E-state index contributed by atoms with van der Waals surface area (Å²) in [7, 11) is 1.36. The molecule has 0 unspecified atom stereocenters. The highest BCUT2D eigenvalue weighted by molar-refractivity contribution is 5.91. The molecule has 0 saturated heterocycles. The molecule has 0 heterocycles. The predicted molar refractivity (Wildman–Crippen MR) is 56.9 cm³/mol. The normalized spacial score (nSPS) is 9.73. The van der Waals surface area contributed by atoms with E-state index in [-0.39, 0.29) is 5.97 Å². The molecule has 0 radical (unpaired) electrons. The number of aryl methyl sites for hydroxylation is 2. The molecule has 0 bridgehead atoms. The van der Waals surface area contributed by atoms with Crippen molar-refractivity contribution < 1.29 is 14.3 Å². The van der Waals surface area contributed by atoms with Gasteiger partial charge in [-0.1, -0.05) is 17.7 Å². The minimum absolute atomic E-state index is 0.348. The van der Waals surface area contributed by atoms with Crippen molar-refractivity contribution in [3.05, 3.63) is 34.9 Å². The monoisotopic (exact) mass is 206 g/mol. The summed E-state index contributed by atoms with van der Waals surface area (Å²) in [6, 6.07) is 5.57. The van der Waals surface area contributed by atoms with Gasteiger partial charge in [0.25, 0.3) is 0 Å². The van der Waals surface area contributed by atoms with Crippen molar-refractivity contribution in [2.75, 3.05) is 7.11 Å². The van der Waals surface area contributed by atoms with E-state index in [4.69, 9.17) is 0 Å². The molecule has 1 aromatic rings. The number of esters is 1. The lowest BCUT2D eigenvalue weighted by molar-refractivity contribution is -0.107. The Kier molecular flexibility index (Phi) is 4.03. The topological polar surface area (TPSA) is 43.4 Å². The van der Waals surface area contributed by atoms with Crippen LogP contribution >= 0.6 is 0 Å². The quantitative estimate of drug-likeness (QED) is 0.558. The van der Waals surface area contributed by atoms with Gasteiger partial charge >= 0.3 is 5.97 Å². The van der Waals surface area contributed by atoms with Gasteiger partial charge in [0.15, 0.2) is 0 Å². The molecule has 0 aromatic heterocycles. The number of benzene rings is 1.